The van der Waals surface area contributed by atoms with Crippen LogP contribution in [-0.4, -0.2) is 16.1 Å². The summed E-state index contributed by atoms with van der Waals surface area (Å²) in [5.74, 6) is -1.09. The first kappa shape index (κ1) is 13.7. The lowest BCUT2D eigenvalue weighted by molar-refractivity contribution is -0.137. The maximum atomic E-state index is 12.8. The molecule has 4 aromatic rings. The second-order valence-corrected chi connectivity index (χ2v) is 5.17. The van der Waals surface area contributed by atoms with Crippen LogP contribution in [0.4, 0.5) is 13.2 Å². The molecule has 0 unspecified atom stereocenters. The second-order valence-electron chi connectivity index (χ2n) is 5.17. The standard InChI is InChI=1S/C16H8F3NO3/c17-16(18,19)7-4-5-8-11(6-7)23-14-9-2-1-3-10(15(21)22)12(9)20-13(8)14/h1-6,20H,(H,21,22). The van der Waals surface area contributed by atoms with Gasteiger partial charge in [0.1, 0.15) is 5.58 Å². The number of carboxylic acids is 1. The Bertz CT molecular complexity index is 1090. The lowest BCUT2D eigenvalue weighted by atomic mass is 10.1. The minimum absolute atomic E-state index is 0.0777. The first-order valence-electron chi connectivity index (χ1n) is 6.63. The van der Waals surface area contributed by atoms with Crippen molar-refractivity contribution in [3.63, 3.8) is 0 Å². The molecule has 2 N–H and O–H groups in total. The van der Waals surface area contributed by atoms with Gasteiger partial charge in [0.2, 0.25) is 0 Å². The van der Waals surface area contributed by atoms with Crippen LogP contribution in [0.15, 0.2) is 40.8 Å². The third-order valence-electron chi connectivity index (χ3n) is 3.81. The molecule has 0 spiro atoms. The zero-order valence-electron chi connectivity index (χ0n) is 11.4. The van der Waals surface area contributed by atoms with E-state index in [1.165, 1.54) is 12.1 Å². The number of hydrogen-bond acceptors (Lipinski definition) is 2. The molecule has 2 aromatic heterocycles. The molecule has 0 fully saturated rings. The zero-order chi connectivity index (χ0) is 16.4. The van der Waals surface area contributed by atoms with Gasteiger partial charge in [-0.2, -0.15) is 13.2 Å². The Morgan fingerprint density at radius 2 is 1.87 bits per heavy atom. The number of carboxylic acid groups (broad SMARTS) is 1. The summed E-state index contributed by atoms with van der Waals surface area (Å²) in [6.07, 6.45) is -4.45. The van der Waals surface area contributed by atoms with E-state index in [1.54, 1.807) is 12.1 Å². The summed E-state index contributed by atoms with van der Waals surface area (Å²) in [6.45, 7) is 0. The van der Waals surface area contributed by atoms with Gasteiger partial charge in [0.15, 0.2) is 5.58 Å². The normalized spacial score (nSPS) is 12.5. The molecule has 0 radical (unpaired) electrons. The Morgan fingerprint density at radius 3 is 2.57 bits per heavy atom. The summed E-state index contributed by atoms with van der Waals surface area (Å²) >= 11 is 0. The fourth-order valence-electron chi connectivity index (χ4n) is 2.77. The molecule has 0 aliphatic rings. The number of aromatic amines is 1. The molecular formula is C16H8F3NO3. The van der Waals surface area contributed by atoms with Crippen molar-refractivity contribution >= 4 is 38.9 Å². The van der Waals surface area contributed by atoms with Gasteiger partial charge in [0.05, 0.1) is 22.2 Å². The van der Waals surface area contributed by atoms with Crippen molar-refractivity contribution < 1.29 is 27.5 Å². The zero-order valence-corrected chi connectivity index (χ0v) is 11.4. The smallest absolute Gasteiger partial charge is 0.416 e. The molecule has 0 aliphatic heterocycles. The number of alkyl halides is 3. The van der Waals surface area contributed by atoms with Gasteiger partial charge in [-0.05, 0) is 30.3 Å². The van der Waals surface area contributed by atoms with Gasteiger partial charge >= 0.3 is 12.1 Å². The van der Waals surface area contributed by atoms with Crippen molar-refractivity contribution in [1.82, 2.24) is 4.98 Å². The molecule has 0 saturated heterocycles. The van der Waals surface area contributed by atoms with Crippen LogP contribution in [-0.2, 0) is 6.18 Å². The quantitative estimate of drug-likeness (QED) is 0.530. The maximum Gasteiger partial charge on any atom is 0.416 e. The van der Waals surface area contributed by atoms with Gasteiger partial charge in [-0.25, -0.2) is 4.79 Å². The Morgan fingerprint density at radius 1 is 1.09 bits per heavy atom. The predicted molar refractivity (Wildman–Crippen MR) is 77.5 cm³/mol. The van der Waals surface area contributed by atoms with E-state index in [4.69, 9.17) is 4.42 Å². The number of aromatic nitrogens is 1. The number of halogens is 3. The Balaban J connectivity index is 2.08. The highest BCUT2D eigenvalue weighted by Gasteiger charge is 2.31. The highest BCUT2D eigenvalue weighted by molar-refractivity contribution is 6.18. The topological polar surface area (TPSA) is 66.2 Å². The Hall–Kier alpha value is -2.96. The van der Waals surface area contributed by atoms with E-state index >= 15 is 0 Å². The van der Waals surface area contributed by atoms with Crippen molar-refractivity contribution in [2.75, 3.05) is 0 Å². The molecule has 0 saturated carbocycles. The number of rotatable bonds is 1. The summed E-state index contributed by atoms with van der Waals surface area (Å²) in [6, 6.07) is 7.90. The molecule has 4 nitrogen and oxygen atoms in total. The van der Waals surface area contributed by atoms with E-state index < -0.39 is 17.7 Å². The number of nitrogens with one attached hydrogen (secondary N) is 1. The number of aromatic carboxylic acids is 1. The Kier molecular flexibility index (Phi) is 2.55. The first-order chi connectivity index (χ1) is 10.9. The molecule has 0 amide bonds. The summed E-state index contributed by atoms with van der Waals surface area (Å²) in [5, 5.41) is 10.2. The fraction of sp³-hybridized carbons (Fsp3) is 0.0625. The third-order valence-corrected chi connectivity index (χ3v) is 3.81. The van der Waals surface area contributed by atoms with Crippen LogP contribution in [0.25, 0.3) is 33.0 Å². The van der Waals surface area contributed by atoms with Crippen molar-refractivity contribution in [2.24, 2.45) is 0 Å². The van der Waals surface area contributed by atoms with Crippen molar-refractivity contribution in [3.8, 4) is 0 Å². The van der Waals surface area contributed by atoms with Crippen LogP contribution >= 0.6 is 0 Å². The molecule has 7 heteroatoms. The number of fused-ring (bicyclic) bond motifs is 5. The Labute approximate surface area is 126 Å². The monoisotopic (exact) mass is 319 g/mol. The van der Waals surface area contributed by atoms with Crippen LogP contribution in [0, 0.1) is 0 Å². The van der Waals surface area contributed by atoms with Gasteiger partial charge in [-0.15, -0.1) is 0 Å². The van der Waals surface area contributed by atoms with Crippen molar-refractivity contribution in [2.45, 2.75) is 6.18 Å². The van der Waals surface area contributed by atoms with Gasteiger partial charge in [0.25, 0.3) is 0 Å². The molecule has 23 heavy (non-hydrogen) atoms. The largest absolute Gasteiger partial charge is 0.478 e. The summed E-state index contributed by atoms with van der Waals surface area (Å²) < 4.78 is 43.9. The molecule has 0 atom stereocenters. The van der Waals surface area contributed by atoms with E-state index in [1.807, 2.05) is 0 Å². The predicted octanol–water partition coefficient (Wildman–Crippen LogP) is 4.78. The lowest BCUT2D eigenvalue weighted by Crippen LogP contribution is -2.03. The van der Waals surface area contributed by atoms with E-state index in [9.17, 15) is 23.1 Å². The molecule has 4 rings (SSSR count). The fourth-order valence-corrected chi connectivity index (χ4v) is 2.77. The average Bonchev–Trinajstić information content (AvgIpc) is 3.01. The van der Waals surface area contributed by atoms with Gasteiger partial charge in [0, 0.05) is 10.8 Å². The van der Waals surface area contributed by atoms with Crippen molar-refractivity contribution in [3.05, 3.63) is 47.5 Å². The number of hydrogen-bond donors (Lipinski definition) is 2. The number of furan rings is 1. The maximum absolute atomic E-state index is 12.8. The summed E-state index contributed by atoms with van der Waals surface area (Å²) in [7, 11) is 0. The molecule has 2 aromatic carbocycles. The minimum Gasteiger partial charge on any atom is -0.478 e. The lowest BCUT2D eigenvalue weighted by Gasteiger charge is -2.05. The molecule has 0 bridgehead atoms. The number of benzene rings is 2. The number of carbonyl (C=O) groups is 1. The molecule has 2 heterocycles. The van der Waals surface area contributed by atoms with Gasteiger partial charge in [-0.1, -0.05) is 6.07 Å². The van der Waals surface area contributed by atoms with Crippen LogP contribution in [0.2, 0.25) is 0 Å². The SMILES string of the molecule is O=C(O)c1cccc2c1[nH]c1c3ccc(C(F)(F)F)cc3oc21. The highest BCUT2D eigenvalue weighted by atomic mass is 19.4. The van der Waals surface area contributed by atoms with Crippen LogP contribution in [0.3, 0.4) is 0 Å². The van der Waals surface area contributed by atoms with Crippen LogP contribution < -0.4 is 0 Å². The summed E-state index contributed by atoms with van der Waals surface area (Å²) in [4.78, 5) is 14.2. The van der Waals surface area contributed by atoms with E-state index in [0.29, 0.717) is 27.4 Å². The molecule has 0 aliphatic carbocycles. The molecule has 116 valence electrons. The van der Waals surface area contributed by atoms with E-state index in [-0.39, 0.29) is 11.1 Å². The van der Waals surface area contributed by atoms with Gasteiger partial charge in [-0.3, -0.25) is 0 Å². The van der Waals surface area contributed by atoms with E-state index in [2.05, 4.69) is 4.98 Å². The van der Waals surface area contributed by atoms with Crippen LogP contribution in [0.5, 0.6) is 0 Å². The number of para-hydroxylation sites is 1. The molecular weight excluding hydrogens is 311 g/mol. The van der Waals surface area contributed by atoms with Crippen LogP contribution in [0.1, 0.15) is 15.9 Å². The number of H-pyrrole nitrogens is 1. The highest BCUT2D eigenvalue weighted by Crippen LogP contribution is 2.38. The summed E-state index contributed by atoms with van der Waals surface area (Å²) in [5.41, 5.74) is 0.597. The minimum atomic E-state index is -4.45. The second kappa shape index (κ2) is 4.28. The van der Waals surface area contributed by atoms with Gasteiger partial charge < -0.3 is 14.5 Å². The first-order valence-corrected chi connectivity index (χ1v) is 6.63. The van der Waals surface area contributed by atoms with E-state index in [0.717, 1.165) is 12.1 Å². The average molecular weight is 319 g/mol. The third kappa shape index (κ3) is 1.89. The van der Waals surface area contributed by atoms with Crippen molar-refractivity contribution in [1.29, 1.82) is 0 Å².